The van der Waals surface area contributed by atoms with Gasteiger partial charge in [-0.1, -0.05) is 31.5 Å². The molecule has 1 saturated carbocycles. The molecular formula is C16H13ClF6O2. The summed E-state index contributed by atoms with van der Waals surface area (Å²) >= 11 is 5.17. The molecule has 2 nitrogen and oxygen atoms in total. The lowest BCUT2D eigenvalue weighted by Gasteiger charge is -2.08. The first-order valence-corrected chi connectivity index (χ1v) is 7.48. The summed E-state index contributed by atoms with van der Waals surface area (Å²) in [6.45, 7) is 2.28. The highest BCUT2D eigenvalue weighted by atomic mass is 35.5. The molecule has 2 atom stereocenters. The summed E-state index contributed by atoms with van der Waals surface area (Å²) in [6.07, 6.45) is -4.00. The highest BCUT2D eigenvalue weighted by Gasteiger charge is 2.62. The molecule has 25 heavy (non-hydrogen) atoms. The molecule has 1 aromatic carbocycles. The summed E-state index contributed by atoms with van der Waals surface area (Å²) in [5.41, 5.74) is -1.49. The van der Waals surface area contributed by atoms with Gasteiger partial charge in [-0.2, -0.15) is 13.2 Å². The summed E-state index contributed by atoms with van der Waals surface area (Å²) in [4.78, 5) is 12.0. The normalized spacial score (nSPS) is 22.7. The molecular weight excluding hydrogens is 374 g/mol. The van der Waals surface area contributed by atoms with E-state index >= 15 is 0 Å². The number of rotatable bonds is 4. The lowest BCUT2D eigenvalue weighted by molar-refractivity contribution is -0.147. The van der Waals surface area contributed by atoms with Gasteiger partial charge in [0.1, 0.15) is 29.1 Å². The molecule has 2 unspecified atom stereocenters. The predicted octanol–water partition coefficient (Wildman–Crippen LogP) is 5.10. The van der Waals surface area contributed by atoms with Gasteiger partial charge < -0.3 is 4.74 Å². The molecule has 1 fully saturated rings. The Hall–Kier alpha value is -1.70. The first kappa shape index (κ1) is 19.6. The number of esters is 1. The highest BCUT2D eigenvalue weighted by Crippen LogP contribution is 2.60. The Balaban J connectivity index is 2.07. The van der Waals surface area contributed by atoms with E-state index < -0.39 is 64.1 Å². The molecule has 1 aliphatic carbocycles. The third-order valence-electron chi connectivity index (χ3n) is 4.23. The molecule has 0 amide bonds. The van der Waals surface area contributed by atoms with Gasteiger partial charge in [0.05, 0.1) is 11.5 Å². The zero-order chi connectivity index (χ0) is 19.2. The number of hydrogen-bond donors (Lipinski definition) is 0. The second-order valence-corrected chi connectivity index (χ2v) is 6.70. The first-order valence-electron chi connectivity index (χ1n) is 7.10. The fraction of sp³-hybridized carbons (Fsp3) is 0.438. The number of carbonyl (C=O) groups excluding carboxylic acids is 1. The minimum atomic E-state index is -4.73. The van der Waals surface area contributed by atoms with Crippen molar-refractivity contribution < 1.29 is 35.9 Å². The Labute approximate surface area is 144 Å². The van der Waals surface area contributed by atoms with E-state index in [-0.39, 0.29) is 0 Å². The Bertz CT molecular complexity index is 703. The summed E-state index contributed by atoms with van der Waals surface area (Å²) in [7, 11) is 0. The SMILES string of the molecule is CC1(C)C(/C=C(/Cl)C(F)(F)F)C1C(=O)OCc1c(F)cc(F)cc1F. The third kappa shape index (κ3) is 4.11. The molecule has 0 spiro atoms. The van der Waals surface area contributed by atoms with Crippen LogP contribution in [-0.4, -0.2) is 12.1 Å². The number of hydrogen-bond acceptors (Lipinski definition) is 2. The maximum Gasteiger partial charge on any atom is 0.426 e. The van der Waals surface area contributed by atoms with Crippen LogP contribution in [0.5, 0.6) is 0 Å². The maximum atomic E-state index is 13.5. The molecule has 138 valence electrons. The lowest BCUT2D eigenvalue weighted by Crippen LogP contribution is -2.12. The molecule has 1 aliphatic rings. The van der Waals surface area contributed by atoms with Crippen LogP contribution < -0.4 is 0 Å². The van der Waals surface area contributed by atoms with Crippen molar-refractivity contribution in [1.29, 1.82) is 0 Å². The molecule has 0 heterocycles. The summed E-state index contributed by atoms with van der Waals surface area (Å²) < 4.78 is 82.0. The average Bonchev–Trinajstić information content (AvgIpc) is 2.97. The van der Waals surface area contributed by atoms with Gasteiger partial charge in [0.25, 0.3) is 0 Å². The third-order valence-corrected chi connectivity index (χ3v) is 4.57. The van der Waals surface area contributed by atoms with E-state index in [4.69, 9.17) is 16.3 Å². The zero-order valence-electron chi connectivity index (χ0n) is 13.1. The molecule has 9 heteroatoms. The van der Waals surface area contributed by atoms with Gasteiger partial charge in [-0.05, 0) is 11.3 Å². The largest absolute Gasteiger partial charge is 0.460 e. The van der Waals surface area contributed by atoms with Gasteiger partial charge in [-0.3, -0.25) is 4.79 Å². The van der Waals surface area contributed by atoms with Crippen molar-refractivity contribution in [2.24, 2.45) is 17.3 Å². The van der Waals surface area contributed by atoms with E-state index in [1.807, 2.05) is 0 Å². The van der Waals surface area contributed by atoms with Gasteiger partial charge in [-0.15, -0.1) is 0 Å². The molecule has 0 aromatic heterocycles. The van der Waals surface area contributed by atoms with E-state index in [9.17, 15) is 31.1 Å². The molecule has 1 aromatic rings. The van der Waals surface area contributed by atoms with Crippen LogP contribution in [0.2, 0.25) is 0 Å². The molecule has 0 bridgehead atoms. The van der Waals surface area contributed by atoms with Gasteiger partial charge in [0.2, 0.25) is 0 Å². The standard InChI is InChI=1S/C16H13ClF6O2/c1-15(2)9(5-12(17)16(21,22)23)13(15)14(24)25-6-8-10(19)3-7(18)4-11(8)20/h3-5,9,13H,6H2,1-2H3/b12-5+. The molecule has 0 aliphatic heterocycles. The molecule has 0 saturated heterocycles. The number of halogens is 7. The topological polar surface area (TPSA) is 26.3 Å². The fourth-order valence-electron chi connectivity index (χ4n) is 2.63. The van der Waals surface area contributed by atoms with Crippen LogP contribution in [-0.2, 0) is 16.1 Å². The van der Waals surface area contributed by atoms with Crippen LogP contribution in [0.25, 0.3) is 0 Å². The van der Waals surface area contributed by atoms with Crippen molar-refractivity contribution in [1.82, 2.24) is 0 Å². The van der Waals surface area contributed by atoms with Crippen LogP contribution in [0.15, 0.2) is 23.2 Å². The Morgan fingerprint density at radius 2 is 1.76 bits per heavy atom. The van der Waals surface area contributed by atoms with Crippen LogP contribution in [0, 0.1) is 34.7 Å². The van der Waals surface area contributed by atoms with E-state index in [0.717, 1.165) is 6.08 Å². The first-order chi connectivity index (χ1) is 11.4. The van der Waals surface area contributed by atoms with Gasteiger partial charge >= 0.3 is 12.1 Å². The smallest absolute Gasteiger partial charge is 0.426 e. The van der Waals surface area contributed by atoms with Gasteiger partial charge in [-0.25, -0.2) is 13.2 Å². The van der Waals surface area contributed by atoms with Crippen LogP contribution in [0.3, 0.4) is 0 Å². The van der Waals surface area contributed by atoms with E-state index in [1.54, 1.807) is 13.8 Å². The van der Waals surface area contributed by atoms with Crippen molar-refractivity contribution in [3.05, 3.63) is 46.3 Å². The second-order valence-electron chi connectivity index (χ2n) is 6.29. The summed E-state index contributed by atoms with van der Waals surface area (Å²) in [6, 6.07) is 0.865. The Morgan fingerprint density at radius 3 is 2.24 bits per heavy atom. The van der Waals surface area contributed by atoms with E-state index in [2.05, 4.69) is 0 Å². The van der Waals surface area contributed by atoms with Crippen molar-refractivity contribution >= 4 is 17.6 Å². The summed E-state index contributed by atoms with van der Waals surface area (Å²) in [5.74, 6) is -6.25. The van der Waals surface area contributed by atoms with Crippen molar-refractivity contribution in [3.63, 3.8) is 0 Å². The lowest BCUT2D eigenvalue weighted by atomic mass is 10.1. The second kappa shape index (κ2) is 6.55. The van der Waals surface area contributed by atoms with Crippen LogP contribution in [0.1, 0.15) is 19.4 Å². The van der Waals surface area contributed by atoms with Gasteiger partial charge in [0.15, 0.2) is 0 Å². The molecule has 0 N–H and O–H groups in total. The van der Waals surface area contributed by atoms with Crippen molar-refractivity contribution in [2.75, 3.05) is 0 Å². The number of carbonyl (C=O) groups is 1. The predicted molar refractivity (Wildman–Crippen MR) is 76.9 cm³/mol. The fourth-order valence-corrected chi connectivity index (χ4v) is 2.77. The van der Waals surface area contributed by atoms with Crippen LogP contribution in [0.4, 0.5) is 26.3 Å². The minimum absolute atomic E-state index is 0.432. The monoisotopic (exact) mass is 386 g/mol. The highest BCUT2D eigenvalue weighted by molar-refractivity contribution is 6.30. The number of allylic oxidation sites excluding steroid dienone is 2. The van der Waals surface area contributed by atoms with Gasteiger partial charge in [0, 0.05) is 12.1 Å². The van der Waals surface area contributed by atoms with E-state index in [0.29, 0.717) is 12.1 Å². The summed E-state index contributed by atoms with van der Waals surface area (Å²) in [5, 5.41) is -1.35. The van der Waals surface area contributed by atoms with Crippen LogP contribution >= 0.6 is 11.6 Å². The average molecular weight is 387 g/mol. The Kier molecular flexibility index (Phi) is 5.14. The number of alkyl halides is 3. The zero-order valence-corrected chi connectivity index (χ0v) is 13.8. The molecule has 2 rings (SSSR count). The number of benzene rings is 1. The van der Waals surface area contributed by atoms with Crippen molar-refractivity contribution in [2.45, 2.75) is 26.6 Å². The minimum Gasteiger partial charge on any atom is -0.460 e. The van der Waals surface area contributed by atoms with Crippen molar-refractivity contribution in [3.8, 4) is 0 Å². The quantitative estimate of drug-likeness (QED) is 0.531. The maximum absolute atomic E-state index is 13.5. The molecule has 0 radical (unpaired) electrons. The van der Waals surface area contributed by atoms with E-state index in [1.165, 1.54) is 0 Å². The number of ether oxygens (including phenoxy) is 1. The Morgan fingerprint density at radius 1 is 1.24 bits per heavy atom.